The lowest BCUT2D eigenvalue weighted by Gasteiger charge is -1.94. The normalized spacial score (nSPS) is 10.1. The summed E-state index contributed by atoms with van der Waals surface area (Å²) in [5.41, 5.74) is 2.66. The van der Waals surface area contributed by atoms with Gasteiger partial charge in [-0.05, 0) is 30.4 Å². The highest BCUT2D eigenvalue weighted by Gasteiger charge is 1.86. The van der Waals surface area contributed by atoms with E-state index in [2.05, 4.69) is 50.9 Å². The molecule has 19 heavy (non-hydrogen) atoms. The van der Waals surface area contributed by atoms with Gasteiger partial charge in [-0.15, -0.1) is 6.58 Å². The minimum Gasteiger partial charge on any atom is -0.103 e. The highest BCUT2D eigenvalue weighted by atomic mass is 13.9. The van der Waals surface area contributed by atoms with E-state index in [-0.39, 0.29) is 0 Å². The molecule has 0 nitrogen and oxygen atoms in total. The zero-order chi connectivity index (χ0) is 14.3. The van der Waals surface area contributed by atoms with Crippen LogP contribution in [-0.2, 0) is 6.42 Å². The van der Waals surface area contributed by atoms with Gasteiger partial charge in [0.2, 0.25) is 0 Å². The summed E-state index contributed by atoms with van der Waals surface area (Å²) in [5.74, 6) is 0. The second kappa shape index (κ2) is 12.6. The monoisotopic (exact) mass is 254 g/mol. The fourth-order valence-corrected chi connectivity index (χ4v) is 1.61. The number of hydrogen-bond acceptors (Lipinski definition) is 0. The van der Waals surface area contributed by atoms with Crippen molar-refractivity contribution in [1.29, 1.82) is 0 Å². The average Bonchev–Trinajstić information content (AvgIpc) is 2.46. The van der Waals surface area contributed by atoms with Gasteiger partial charge in [0.1, 0.15) is 0 Å². The zero-order valence-electron chi connectivity index (χ0n) is 12.1. The van der Waals surface area contributed by atoms with E-state index in [0.29, 0.717) is 0 Å². The lowest BCUT2D eigenvalue weighted by molar-refractivity contribution is 0.927. The Kier molecular flexibility index (Phi) is 11.4. The molecule has 0 aliphatic carbocycles. The summed E-state index contributed by atoms with van der Waals surface area (Å²) in [5, 5.41) is 0. The van der Waals surface area contributed by atoms with Crippen molar-refractivity contribution in [3.63, 3.8) is 0 Å². The molecule has 102 valence electrons. The highest BCUT2D eigenvalue weighted by Crippen LogP contribution is 2.04. The van der Waals surface area contributed by atoms with E-state index in [9.17, 15) is 0 Å². The van der Waals surface area contributed by atoms with Gasteiger partial charge in [0.15, 0.2) is 0 Å². The third-order valence-electron chi connectivity index (χ3n) is 2.61. The van der Waals surface area contributed by atoms with E-state index >= 15 is 0 Å². The predicted octanol–water partition coefficient (Wildman–Crippen LogP) is 5.89. The van der Waals surface area contributed by atoms with Crippen LogP contribution in [0.1, 0.15) is 31.7 Å². The van der Waals surface area contributed by atoms with Crippen molar-refractivity contribution in [2.24, 2.45) is 0 Å². The number of benzene rings is 1. The summed E-state index contributed by atoms with van der Waals surface area (Å²) < 4.78 is 0. The van der Waals surface area contributed by atoms with Crippen LogP contribution in [-0.4, -0.2) is 0 Å². The lowest BCUT2D eigenvalue weighted by atomic mass is 10.1. The molecule has 0 heterocycles. The van der Waals surface area contributed by atoms with Crippen molar-refractivity contribution in [2.75, 3.05) is 0 Å². The van der Waals surface area contributed by atoms with Crippen LogP contribution in [0.2, 0.25) is 0 Å². The molecule has 1 aromatic rings. The number of allylic oxidation sites excluding steroid dienone is 5. The molecule has 0 radical (unpaired) electrons. The third kappa shape index (κ3) is 9.84. The van der Waals surface area contributed by atoms with Crippen molar-refractivity contribution >= 4 is 0 Å². The molecule has 0 spiro atoms. The molecular weight excluding hydrogens is 228 g/mol. The van der Waals surface area contributed by atoms with Crippen LogP contribution in [0.4, 0.5) is 0 Å². The Hall–Kier alpha value is -1.82. The van der Waals surface area contributed by atoms with Crippen molar-refractivity contribution in [3.8, 4) is 0 Å². The molecule has 0 aliphatic rings. The second-order valence-electron chi connectivity index (χ2n) is 4.24. The van der Waals surface area contributed by atoms with Crippen molar-refractivity contribution in [3.05, 3.63) is 85.5 Å². The first-order valence-electron chi connectivity index (χ1n) is 6.87. The van der Waals surface area contributed by atoms with Crippen molar-refractivity contribution in [1.82, 2.24) is 0 Å². The Morgan fingerprint density at radius 3 is 2.26 bits per heavy atom. The summed E-state index contributed by atoms with van der Waals surface area (Å²) in [6.45, 7) is 13.1. The van der Waals surface area contributed by atoms with E-state index < -0.39 is 0 Å². The summed E-state index contributed by atoms with van der Waals surface area (Å²) >= 11 is 0. The highest BCUT2D eigenvalue weighted by molar-refractivity contribution is 5.20. The van der Waals surface area contributed by atoms with Gasteiger partial charge in [-0.2, -0.15) is 0 Å². The number of hydrogen-bond donors (Lipinski definition) is 0. The summed E-state index contributed by atoms with van der Waals surface area (Å²) in [7, 11) is 0. The van der Waals surface area contributed by atoms with Gasteiger partial charge in [0.25, 0.3) is 0 Å². The smallest absolute Gasteiger partial charge is 0.0244 e. The lowest BCUT2D eigenvalue weighted by Crippen LogP contribution is -1.79. The Morgan fingerprint density at radius 1 is 1.11 bits per heavy atom. The Morgan fingerprint density at radius 2 is 1.79 bits per heavy atom. The third-order valence-corrected chi connectivity index (χ3v) is 2.61. The zero-order valence-corrected chi connectivity index (χ0v) is 12.1. The van der Waals surface area contributed by atoms with Gasteiger partial charge in [-0.3, -0.25) is 0 Å². The molecule has 1 rings (SSSR count). The largest absolute Gasteiger partial charge is 0.103 e. The van der Waals surface area contributed by atoms with Gasteiger partial charge in [-0.1, -0.05) is 81.1 Å². The van der Waals surface area contributed by atoms with Crippen LogP contribution in [0.5, 0.6) is 0 Å². The van der Waals surface area contributed by atoms with Crippen LogP contribution < -0.4 is 0 Å². The number of rotatable bonds is 7. The molecule has 0 fully saturated rings. The molecule has 0 unspecified atom stereocenters. The minimum atomic E-state index is 1.07. The maximum absolute atomic E-state index is 3.68. The Balaban J connectivity index is 0.000000344. The molecular formula is C19H26. The Bertz CT molecular complexity index is 382. The molecule has 0 bridgehead atoms. The number of aryl methyl sites for hydroxylation is 1. The van der Waals surface area contributed by atoms with Crippen LogP contribution >= 0.6 is 0 Å². The molecule has 1 aromatic carbocycles. The maximum atomic E-state index is 3.68. The standard InChI is InChI=1S/C10H12.C9H14/c1-2-3-7-10-8-5-4-6-9-10;1-4-7-9(6-3)8-5-2/h2,4-6,8-9H,1,3,7H2;4,6-7H,1,3,5,8H2,2H3/b;9-7+. The fourth-order valence-electron chi connectivity index (χ4n) is 1.61. The van der Waals surface area contributed by atoms with E-state index in [0.717, 1.165) is 19.3 Å². The first-order chi connectivity index (χ1) is 9.28. The Labute approximate surface area is 118 Å². The van der Waals surface area contributed by atoms with Crippen LogP contribution in [0.15, 0.2) is 79.9 Å². The quantitative estimate of drug-likeness (QED) is 0.420. The van der Waals surface area contributed by atoms with Gasteiger partial charge in [0, 0.05) is 0 Å². The van der Waals surface area contributed by atoms with Crippen molar-refractivity contribution < 1.29 is 0 Å². The van der Waals surface area contributed by atoms with Crippen molar-refractivity contribution in [2.45, 2.75) is 32.6 Å². The summed E-state index contributed by atoms with van der Waals surface area (Å²) in [6.07, 6.45) is 12.1. The van der Waals surface area contributed by atoms with E-state index in [1.54, 1.807) is 6.08 Å². The summed E-state index contributed by atoms with van der Waals surface area (Å²) in [4.78, 5) is 0. The topological polar surface area (TPSA) is 0 Å². The molecule has 0 saturated carbocycles. The van der Waals surface area contributed by atoms with Gasteiger partial charge in [0.05, 0.1) is 0 Å². The molecule has 0 aliphatic heterocycles. The van der Waals surface area contributed by atoms with Crippen LogP contribution in [0.25, 0.3) is 0 Å². The first kappa shape index (κ1) is 17.2. The van der Waals surface area contributed by atoms with Crippen LogP contribution in [0, 0.1) is 0 Å². The fraction of sp³-hybridized carbons (Fsp3) is 0.263. The van der Waals surface area contributed by atoms with Crippen LogP contribution in [0.3, 0.4) is 0 Å². The molecule has 0 amide bonds. The average molecular weight is 254 g/mol. The second-order valence-corrected chi connectivity index (χ2v) is 4.24. The van der Waals surface area contributed by atoms with Gasteiger partial charge in [-0.25, -0.2) is 0 Å². The summed E-state index contributed by atoms with van der Waals surface area (Å²) in [6, 6.07) is 10.5. The van der Waals surface area contributed by atoms with Gasteiger partial charge >= 0.3 is 0 Å². The molecule has 0 saturated heterocycles. The minimum absolute atomic E-state index is 1.07. The molecule has 0 aromatic heterocycles. The van der Waals surface area contributed by atoms with Gasteiger partial charge < -0.3 is 0 Å². The van der Waals surface area contributed by atoms with E-state index in [1.165, 1.54) is 17.6 Å². The van der Waals surface area contributed by atoms with E-state index in [4.69, 9.17) is 0 Å². The molecule has 0 N–H and O–H groups in total. The van der Waals surface area contributed by atoms with E-state index in [1.807, 2.05) is 24.3 Å². The molecule has 0 atom stereocenters. The predicted molar refractivity (Wildman–Crippen MR) is 88.3 cm³/mol. The first-order valence-corrected chi connectivity index (χ1v) is 6.87. The molecule has 0 heteroatoms. The SMILES string of the molecule is C=C/C=C(\C=C)CCC.C=CCCc1ccccc1. The maximum Gasteiger partial charge on any atom is -0.0244 e.